The Morgan fingerprint density at radius 3 is 1.93 bits per heavy atom. The lowest BCUT2D eigenvalue weighted by Gasteiger charge is -2.14. The summed E-state index contributed by atoms with van der Waals surface area (Å²) < 4.78 is 0. The average molecular weight is 216 g/mol. The second-order valence-electron chi connectivity index (χ2n) is 4.43. The Labute approximate surface area is 94.7 Å². The quantitative estimate of drug-likeness (QED) is 0.692. The first-order chi connectivity index (χ1) is 7.31. The van der Waals surface area contributed by atoms with Crippen molar-refractivity contribution in [2.24, 2.45) is 0 Å². The fourth-order valence-corrected chi connectivity index (χ4v) is 1.80. The van der Waals surface area contributed by atoms with Crippen molar-refractivity contribution < 1.29 is 10.2 Å². The standard InChI is InChI=1S/C7H16O.C6H12O/c1-2-3-4-5-6-7-8;7-6-4-2-1-3-5-6/h8H,2-7H2,1H3;6-7H,1-5H2. The molecule has 0 radical (unpaired) electrons. The molecule has 0 unspecified atom stereocenters. The van der Waals surface area contributed by atoms with Crippen LogP contribution in [-0.2, 0) is 0 Å². The largest absolute Gasteiger partial charge is 0.396 e. The molecule has 2 nitrogen and oxygen atoms in total. The summed E-state index contributed by atoms with van der Waals surface area (Å²) in [4.78, 5) is 0. The molecule has 2 heteroatoms. The van der Waals surface area contributed by atoms with E-state index in [1.807, 2.05) is 0 Å². The van der Waals surface area contributed by atoms with Gasteiger partial charge < -0.3 is 10.2 Å². The molecule has 1 fully saturated rings. The highest BCUT2D eigenvalue weighted by molar-refractivity contribution is 4.61. The van der Waals surface area contributed by atoms with Crippen molar-refractivity contribution in [3.05, 3.63) is 0 Å². The smallest absolute Gasteiger partial charge is 0.0540 e. The predicted octanol–water partition coefficient (Wildman–Crippen LogP) is 3.26. The maximum atomic E-state index is 8.91. The molecular formula is C13H28O2. The Hall–Kier alpha value is -0.0800. The van der Waals surface area contributed by atoms with Gasteiger partial charge >= 0.3 is 0 Å². The molecule has 1 rings (SSSR count). The third kappa shape index (κ3) is 11.8. The van der Waals surface area contributed by atoms with Gasteiger partial charge in [-0.15, -0.1) is 0 Å². The number of aliphatic hydroxyl groups is 2. The molecule has 0 bridgehead atoms. The molecule has 1 aliphatic carbocycles. The zero-order valence-electron chi connectivity index (χ0n) is 10.2. The van der Waals surface area contributed by atoms with Crippen LogP contribution in [0.15, 0.2) is 0 Å². The van der Waals surface area contributed by atoms with Crippen LogP contribution in [0.1, 0.15) is 71.1 Å². The van der Waals surface area contributed by atoms with Gasteiger partial charge in [0, 0.05) is 6.61 Å². The van der Waals surface area contributed by atoms with Crippen LogP contribution in [0, 0.1) is 0 Å². The van der Waals surface area contributed by atoms with Crippen molar-refractivity contribution in [3.8, 4) is 0 Å². The van der Waals surface area contributed by atoms with E-state index in [1.54, 1.807) is 0 Å². The van der Waals surface area contributed by atoms with E-state index >= 15 is 0 Å². The van der Waals surface area contributed by atoms with E-state index in [-0.39, 0.29) is 6.10 Å². The van der Waals surface area contributed by atoms with Crippen molar-refractivity contribution in [1.82, 2.24) is 0 Å². The Kier molecular flexibility index (Phi) is 11.9. The second-order valence-corrected chi connectivity index (χ2v) is 4.43. The van der Waals surface area contributed by atoms with Crippen molar-refractivity contribution in [3.63, 3.8) is 0 Å². The molecule has 15 heavy (non-hydrogen) atoms. The molecule has 0 saturated heterocycles. The van der Waals surface area contributed by atoms with E-state index < -0.39 is 0 Å². The monoisotopic (exact) mass is 216 g/mol. The van der Waals surface area contributed by atoms with E-state index in [9.17, 15) is 0 Å². The average Bonchev–Trinajstić information content (AvgIpc) is 2.27. The lowest BCUT2D eigenvalue weighted by molar-refractivity contribution is 0.130. The minimum atomic E-state index is 0.0359. The second kappa shape index (κ2) is 12.0. The van der Waals surface area contributed by atoms with Crippen LogP contribution >= 0.6 is 0 Å². The maximum Gasteiger partial charge on any atom is 0.0540 e. The fraction of sp³-hybridized carbons (Fsp3) is 1.00. The summed E-state index contributed by atoms with van der Waals surface area (Å²) >= 11 is 0. The Bertz CT molecular complexity index is 103. The van der Waals surface area contributed by atoms with Crippen molar-refractivity contribution >= 4 is 0 Å². The first-order valence-corrected chi connectivity index (χ1v) is 6.60. The molecule has 1 aliphatic rings. The summed E-state index contributed by atoms with van der Waals surface area (Å²) in [6.45, 7) is 2.56. The van der Waals surface area contributed by atoms with Crippen LogP contribution in [-0.4, -0.2) is 22.9 Å². The molecule has 0 aliphatic heterocycles. The summed E-state index contributed by atoms with van der Waals surface area (Å²) in [6, 6.07) is 0. The summed E-state index contributed by atoms with van der Waals surface area (Å²) in [6.07, 6.45) is 12.0. The number of hydrogen-bond donors (Lipinski definition) is 2. The fourth-order valence-electron chi connectivity index (χ4n) is 1.80. The third-order valence-corrected chi connectivity index (χ3v) is 2.84. The molecule has 0 aromatic rings. The van der Waals surface area contributed by atoms with Gasteiger partial charge in [0.15, 0.2) is 0 Å². The summed E-state index contributed by atoms with van der Waals surface area (Å²) in [5.41, 5.74) is 0. The topological polar surface area (TPSA) is 40.5 Å². The predicted molar refractivity (Wildman–Crippen MR) is 64.9 cm³/mol. The number of aliphatic hydroxyl groups excluding tert-OH is 2. The zero-order chi connectivity index (χ0) is 11.4. The molecule has 0 spiro atoms. The minimum absolute atomic E-state index is 0.0359. The van der Waals surface area contributed by atoms with Crippen molar-refractivity contribution in [2.45, 2.75) is 77.2 Å². The van der Waals surface area contributed by atoms with Gasteiger partial charge in [-0.3, -0.25) is 0 Å². The third-order valence-electron chi connectivity index (χ3n) is 2.84. The molecule has 0 aromatic carbocycles. The Morgan fingerprint density at radius 2 is 1.53 bits per heavy atom. The molecule has 2 N–H and O–H groups in total. The van der Waals surface area contributed by atoms with Crippen molar-refractivity contribution in [1.29, 1.82) is 0 Å². The highest BCUT2D eigenvalue weighted by atomic mass is 16.3. The first-order valence-electron chi connectivity index (χ1n) is 6.60. The Balaban J connectivity index is 0.000000262. The Morgan fingerprint density at radius 1 is 0.933 bits per heavy atom. The van der Waals surface area contributed by atoms with Crippen LogP contribution in [0.3, 0.4) is 0 Å². The van der Waals surface area contributed by atoms with Crippen LogP contribution in [0.4, 0.5) is 0 Å². The molecule has 1 saturated carbocycles. The SMILES string of the molecule is CCCCCCCO.OC1CCCCC1. The van der Waals surface area contributed by atoms with Gasteiger partial charge in [0.2, 0.25) is 0 Å². The van der Waals surface area contributed by atoms with Crippen LogP contribution < -0.4 is 0 Å². The number of unbranched alkanes of at least 4 members (excludes halogenated alkanes) is 4. The van der Waals surface area contributed by atoms with E-state index in [0.717, 1.165) is 19.3 Å². The van der Waals surface area contributed by atoms with Gasteiger partial charge in [-0.2, -0.15) is 0 Å². The van der Waals surface area contributed by atoms with Crippen LogP contribution in [0.2, 0.25) is 0 Å². The van der Waals surface area contributed by atoms with E-state index in [1.165, 1.54) is 44.9 Å². The van der Waals surface area contributed by atoms with E-state index in [0.29, 0.717) is 6.61 Å². The normalized spacial score (nSPS) is 17.0. The number of rotatable bonds is 5. The van der Waals surface area contributed by atoms with Gasteiger partial charge in [-0.05, 0) is 19.3 Å². The molecule has 0 atom stereocenters. The zero-order valence-corrected chi connectivity index (χ0v) is 10.2. The van der Waals surface area contributed by atoms with Gasteiger partial charge in [0.1, 0.15) is 0 Å². The van der Waals surface area contributed by atoms with E-state index in [2.05, 4.69) is 6.92 Å². The van der Waals surface area contributed by atoms with Gasteiger partial charge in [-0.1, -0.05) is 51.9 Å². The summed E-state index contributed by atoms with van der Waals surface area (Å²) in [5.74, 6) is 0. The van der Waals surface area contributed by atoms with Crippen LogP contribution in [0.25, 0.3) is 0 Å². The molecule has 92 valence electrons. The maximum absolute atomic E-state index is 8.91. The van der Waals surface area contributed by atoms with Gasteiger partial charge in [-0.25, -0.2) is 0 Å². The summed E-state index contributed by atoms with van der Waals surface area (Å²) in [7, 11) is 0. The lowest BCUT2D eigenvalue weighted by atomic mass is 9.98. The van der Waals surface area contributed by atoms with Gasteiger partial charge in [0.05, 0.1) is 6.10 Å². The van der Waals surface area contributed by atoms with Crippen LogP contribution in [0.5, 0.6) is 0 Å². The molecule has 0 amide bonds. The summed E-state index contributed by atoms with van der Waals surface area (Å²) in [5, 5.41) is 17.3. The highest BCUT2D eigenvalue weighted by Gasteiger charge is 2.07. The minimum Gasteiger partial charge on any atom is -0.396 e. The van der Waals surface area contributed by atoms with E-state index in [4.69, 9.17) is 10.2 Å². The first kappa shape index (κ1) is 14.9. The lowest BCUT2D eigenvalue weighted by Crippen LogP contribution is -2.09. The van der Waals surface area contributed by atoms with Crippen molar-refractivity contribution in [2.75, 3.05) is 6.61 Å². The van der Waals surface area contributed by atoms with Gasteiger partial charge in [0.25, 0.3) is 0 Å². The highest BCUT2D eigenvalue weighted by Crippen LogP contribution is 2.16. The number of hydrogen-bond acceptors (Lipinski definition) is 2. The molecule has 0 heterocycles. The molecule has 0 aromatic heterocycles. The molecular weight excluding hydrogens is 188 g/mol.